The number of amides is 1. The van der Waals surface area contributed by atoms with Gasteiger partial charge in [-0.15, -0.1) is 11.8 Å². The van der Waals surface area contributed by atoms with Crippen molar-refractivity contribution in [1.29, 1.82) is 0 Å². The number of hydrogen-bond acceptors (Lipinski definition) is 6. The topological polar surface area (TPSA) is 73.9 Å². The predicted octanol–water partition coefficient (Wildman–Crippen LogP) is 5.74. The van der Waals surface area contributed by atoms with E-state index in [1.54, 1.807) is 24.3 Å². The first-order valence-electron chi connectivity index (χ1n) is 11.5. The molecule has 0 heterocycles. The molecule has 8 heteroatoms. The van der Waals surface area contributed by atoms with Crippen LogP contribution in [0.4, 0.5) is 0 Å². The Hall–Kier alpha value is -2.48. The summed E-state index contributed by atoms with van der Waals surface area (Å²) in [6.07, 6.45) is 6.79. The molecule has 2 aromatic rings. The first-order valence-corrected chi connectivity index (χ1v) is 13.3. The average Bonchev–Trinajstić information content (AvgIpc) is 2.85. The monoisotopic (exact) mass is 519 g/mol. The van der Waals surface area contributed by atoms with Gasteiger partial charge in [0.2, 0.25) is 5.91 Å². The normalized spacial score (nSPS) is 13.7. The summed E-state index contributed by atoms with van der Waals surface area (Å²) in [5.74, 6) is -0.101. The quantitative estimate of drug-likeness (QED) is 0.195. The maximum Gasteiger partial charge on any atom is 0.329 e. The van der Waals surface area contributed by atoms with Gasteiger partial charge in [0.1, 0.15) is 17.7 Å². The Morgan fingerprint density at radius 2 is 1.89 bits per heavy atom. The van der Waals surface area contributed by atoms with Gasteiger partial charge in [0.15, 0.2) is 0 Å². The number of rotatable bonds is 14. The Kier molecular flexibility index (Phi) is 12.7. The summed E-state index contributed by atoms with van der Waals surface area (Å²) in [5, 5.41) is 3.18. The van der Waals surface area contributed by atoms with E-state index >= 15 is 0 Å². The number of ether oxygens (including phenoxy) is 3. The minimum absolute atomic E-state index is 0.00186. The highest BCUT2D eigenvalue weighted by molar-refractivity contribution is 7.98. The van der Waals surface area contributed by atoms with Crippen molar-refractivity contribution in [2.75, 3.05) is 19.3 Å². The molecule has 0 spiro atoms. The molecule has 0 aliphatic carbocycles. The zero-order valence-corrected chi connectivity index (χ0v) is 22.2. The van der Waals surface area contributed by atoms with Gasteiger partial charge in [0.25, 0.3) is 0 Å². The van der Waals surface area contributed by atoms with Gasteiger partial charge in [-0.3, -0.25) is 4.79 Å². The molecule has 1 amide bonds. The Morgan fingerprint density at radius 1 is 1.14 bits per heavy atom. The van der Waals surface area contributed by atoms with Crippen LogP contribution in [0.15, 0.2) is 60.7 Å². The number of carbonyl (C=O) groups is 2. The molecule has 3 atom stereocenters. The third kappa shape index (κ3) is 10.3. The second-order valence-electron chi connectivity index (χ2n) is 8.08. The van der Waals surface area contributed by atoms with E-state index in [-0.39, 0.29) is 30.5 Å². The number of halogens is 1. The number of nitrogens with one attached hydrogen (secondary N) is 1. The first kappa shape index (κ1) is 28.8. The predicted molar refractivity (Wildman–Crippen MR) is 142 cm³/mol. The van der Waals surface area contributed by atoms with Crippen LogP contribution in [-0.2, 0) is 25.5 Å². The maximum atomic E-state index is 12.5. The fraction of sp³-hybridized carbons (Fsp3) is 0.407. The lowest BCUT2D eigenvalue weighted by molar-refractivity contribution is -0.145. The van der Waals surface area contributed by atoms with Crippen LogP contribution in [0.2, 0.25) is 5.02 Å². The summed E-state index contributed by atoms with van der Waals surface area (Å²) in [6, 6.07) is 14.5. The fourth-order valence-electron chi connectivity index (χ4n) is 3.44. The Labute approximate surface area is 217 Å². The highest BCUT2D eigenvalue weighted by Crippen LogP contribution is 2.25. The van der Waals surface area contributed by atoms with Crippen LogP contribution in [0, 0.1) is 0 Å². The lowest BCUT2D eigenvalue weighted by Gasteiger charge is -2.19. The molecule has 0 aliphatic rings. The van der Waals surface area contributed by atoms with E-state index in [4.69, 9.17) is 25.8 Å². The zero-order valence-electron chi connectivity index (χ0n) is 20.7. The molecule has 6 nitrogen and oxygen atoms in total. The molecule has 1 N–H and O–H groups in total. The third-order valence-electron chi connectivity index (χ3n) is 5.29. The van der Waals surface area contributed by atoms with Crippen molar-refractivity contribution in [3.8, 4) is 5.75 Å². The summed E-state index contributed by atoms with van der Waals surface area (Å²) >= 11 is 7.59. The molecule has 0 unspecified atom stereocenters. The van der Waals surface area contributed by atoms with E-state index in [0.29, 0.717) is 17.2 Å². The third-order valence-corrected chi connectivity index (χ3v) is 5.94. The van der Waals surface area contributed by atoms with Gasteiger partial charge in [-0.05, 0) is 62.3 Å². The van der Waals surface area contributed by atoms with Crippen LogP contribution < -0.4 is 10.1 Å². The van der Waals surface area contributed by atoms with Crippen molar-refractivity contribution < 1.29 is 23.8 Å². The van der Waals surface area contributed by atoms with E-state index < -0.39 is 12.0 Å². The summed E-state index contributed by atoms with van der Waals surface area (Å²) in [7, 11) is 1.53. The Bertz CT molecular complexity index is 969. The number of methoxy groups -OCH3 is 1. The minimum Gasteiger partial charge on any atom is -0.495 e. The number of carbonyl (C=O) groups excluding carboxylic acids is 2. The lowest BCUT2D eigenvalue weighted by atomic mass is 10.1. The van der Waals surface area contributed by atoms with Crippen molar-refractivity contribution in [2.24, 2.45) is 0 Å². The fourth-order valence-corrected chi connectivity index (χ4v) is 3.96. The molecule has 0 aromatic heterocycles. The molecular weight excluding hydrogens is 486 g/mol. The van der Waals surface area contributed by atoms with Crippen LogP contribution in [0.1, 0.15) is 43.9 Å². The number of benzene rings is 2. The molecule has 190 valence electrons. The molecule has 2 rings (SSSR count). The van der Waals surface area contributed by atoms with Gasteiger partial charge in [-0.1, -0.05) is 54.1 Å². The second-order valence-corrected chi connectivity index (χ2v) is 9.30. The number of allylic oxidation sites excluding steroid dienone is 1. The lowest BCUT2D eigenvalue weighted by Crippen LogP contribution is -2.42. The number of esters is 1. The van der Waals surface area contributed by atoms with E-state index in [9.17, 15) is 9.59 Å². The van der Waals surface area contributed by atoms with E-state index in [1.165, 1.54) is 24.9 Å². The van der Waals surface area contributed by atoms with Crippen molar-refractivity contribution in [3.05, 3.63) is 76.8 Å². The Morgan fingerprint density at radius 3 is 2.54 bits per heavy atom. The van der Waals surface area contributed by atoms with Gasteiger partial charge < -0.3 is 19.5 Å². The van der Waals surface area contributed by atoms with E-state index in [2.05, 4.69) is 5.32 Å². The average molecular weight is 520 g/mol. The minimum atomic E-state index is -0.835. The van der Waals surface area contributed by atoms with Crippen LogP contribution >= 0.6 is 23.4 Å². The van der Waals surface area contributed by atoms with Crippen molar-refractivity contribution >= 4 is 35.2 Å². The van der Waals surface area contributed by atoms with Crippen molar-refractivity contribution in [3.63, 3.8) is 0 Å². The van der Waals surface area contributed by atoms with Crippen molar-refractivity contribution in [2.45, 2.75) is 51.4 Å². The smallest absolute Gasteiger partial charge is 0.329 e. The molecule has 35 heavy (non-hydrogen) atoms. The van der Waals surface area contributed by atoms with Gasteiger partial charge in [-0.2, -0.15) is 0 Å². The number of hydrogen-bond donors (Lipinski definition) is 1. The first-order chi connectivity index (χ1) is 16.8. The molecular formula is C27H34ClNO5S. The SMILES string of the molecule is COc1ccc(C[C@@H](NC(=O)/C=C/CC[C@H](C)O[C@@H](C)c2ccccc2)C(=O)OCSC)cc1Cl. The maximum absolute atomic E-state index is 12.5. The van der Waals surface area contributed by atoms with Crippen LogP contribution in [0.25, 0.3) is 0 Å². The van der Waals surface area contributed by atoms with Crippen LogP contribution in [0.5, 0.6) is 5.75 Å². The molecule has 0 radical (unpaired) electrons. The van der Waals surface area contributed by atoms with Gasteiger partial charge in [0.05, 0.1) is 24.3 Å². The summed E-state index contributed by atoms with van der Waals surface area (Å²) in [6.45, 7) is 4.05. The molecule has 0 aliphatic heterocycles. The highest BCUT2D eigenvalue weighted by Gasteiger charge is 2.22. The number of thioether (sulfide) groups is 1. The van der Waals surface area contributed by atoms with Gasteiger partial charge in [-0.25, -0.2) is 4.79 Å². The summed E-state index contributed by atoms with van der Waals surface area (Å²) in [5.41, 5.74) is 1.91. The molecule has 0 saturated heterocycles. The highest BCUT2D eigenvalue weighted by atomic mass is 35.5. The van der Waals surface area contributed by atoms with E-state index in [0.717, 1.165) is 17.5 Å². The molecule has 2 aromatic carbocycles. The summed E-state index contributed by atoms with van der Waals surface area (Å²) < 4.78 is 16.5. The molecule has 0 fully saturated rings. The summed E-state index contributed by atoms with van der Waals surface area (Å²) in [4.78, 5) is 25.0. The van der Waals surface area contributed by atoms with Crippen molar-refractivity contribution in [1.82, 2.24) is 5.32 Å². The zero-order chi connectivity index (χ0) is 25.6. The second kappa shape index (κ2) is 15.5. The van der Waals surface area contributed by atoms with Crippen LogP contribution in [0.3, 0.4) is 0 Å². The van der Waals surface area contributed by atoms with Gasteiger partial charge in [0, 0.05) is 6.42 Å². The van der Waals surface area contributed by atoms with Crippen LogP contribution in [-0.4, -0.2) is 43.3 Å². The largest absolute Gasteiger partial charge is 0.495 e. The standard InChI is InChI=1S/C27H34ClNO5S/c1-19(34-20(2)22-11-6-5-7-12-22)10-8-9-13-26(30)29-24(27(31)33-18-35-4)17-21-14-15-25(32-3)23(28)16-21/h5-7,9,11-16,19-20,24H,8,10,17-18H2,1-4H3,(H,29,30)/b13-9+/t19-,20-,24+/m0/s1. The van der Waals surface area contributed by atoms with Gasteiger partial charge >= 0.3 is 5.97 Å². The molecule has 0 bridgehead atoms. The molecule has 0 saturated carbocycles. The Balaban J connectivity index is 1.88. The van der Waals surface area contributed by atoms with E-state index in [1.807, 2.05) is 50.4 Å².